The van der Waals surface area contributed by atoms with Crippen molar-refractivity contribution in [2.75, 3.05) is 36.4 Å². The molecule has 0 radical (unpaired) electrons. The predicted octanol–water partition coefficient (Wildman–Crippen LogP) is 4.77. The number of nitrogens with zero attached hydrogens (tertiary/aromatic N) is 2. The maximum atomic E-state index is 12.8. The third-order valence-electron chi connectivity index (χ3n) is 6.06. The van der Waals surface area contributed by atoms with E-state index in [0.29, 0.717) is 18.7 Å². The molecular weight excluding hydrogens is 398 g/mol. The van der Waals surface area contributed by atoms with Gasteiger partial charge in [-0.25, -0.2) is 0 Å². The van der Waals surface area contributed by atoms with Gasteiger partial charge in [0.1, 0.15) is 0 Å². The van der Waals surface area contributed by atoms with Gasteiger partial charge in [0.2, 0.25) is 0 Å². The monoisotopic (exact) mass is 427 g/mol. The Hall–Kier alpha value is -3.60. The van der Waals surface area contributed by atoms with Gasteiger partial charge in [-0.3, -0.25) is 9.59 Å². The summed E-state index contributed by atoms with van der Waals surface area (Å²) in [6, 6.07) is 23.4. The van der Waals surface area contributed by atoms with Crippen LogP contribution in [0.2, 0.25) is 0 Å². The zero-order valence-electron chi connectivity index (χ0n) is 18.7. The van der Waals surface area contributed by atoms with Gasteiger partial charge in [0.05, 0.1) is 0 Å². The molecule has 1 aliphatic rings. The van der Waals surface area contributed by atoms with Crippen LogP contribution in [0.3, 0.4) is 0 Å². The summed E-state index contributed by atoms with van der Waals surface area (Å²) in [5.74, 6) is -0.00323. The summed E-state index contributed by atoms with van der Waals surface area (Å²) in [5.41, 5.74) is 5.50. The number of carbonyl (C=O) groups is 2. The van der Waals surface area contributed by atoms with Crippen molar-refractivity contribution in [1.82, 2.24) is 4.90 Å². The highest BCUT2D eigenvalue weighted by Gasteiger charge is 2.22. The number of carbonyl (C=O) groups excluding carboxylic acids is 2. The fourth-order valence-electron chi connectivity index (χ4n) is 4.02. The summed E-state index contributed by atoms with van der Waals surface area (Å²) in [5, 5.41) is 2.97. The van der Waals surface area contributed by atoms with E-state index in [9.17, 15) is 9.59 Å². The largest absolute Gasteiger partial charge is 0.368 e. The molecule has 0 saturated carbocycles. The van der Waals surface area contributed by atoms with Crippen molar-refractivity contribution in [2.45, 2.75) is 20.3 Å². The first-order chi connectivity index (χ1) is 15.5. The minimum Gasteiger partial charge on any atom is -0.368 e. The summed E-state index contributed by atoms with van der Waals surface area (Å²) in [6.45, 7) is 7.00. The maximum absolute atomic E-state index is 12.8. The van der Waals surface area contributed by atoms with Crippen LogP contribution in [0.25, 0.3) is 0 Å². The SMILES string of the molecule is CCc1ccc(C(=O)N2CCN(c3ccc(NC(=O)c4ccccc4C)cc3)CC2)cc1. The Morgan fingerprint density at radius 2 is 1.50 bits per heavy atom. The Morgan fingerprint density at radius 1 is 0.844 bits per heavy atom. The topological polar surface area (TPSA) is 52.7 Å². The van der Waals surface area contributed by atoms with Gasteiger partial charge in [-0.1, -0.05) is 37.3 Å². The lowest BCUT2D eigenvalue weighted by atomic mass is 10.1. The fourth-order valence-corrected chi connectivity index (χ4v) is 4.02. The molecule has 0 aliphatic carbocycles. The van der Waals surface area contributed by atoms with Crippen molar-refractivity contribution in [3.8, 4) is 0 Å². The molecule has 3 aromatic rings. The van der Waals surface area contributed by atoms with Crippen LogP contribution in [0.1, 0.15) is 38.8 Å². The molecule has 1 fully saturated rings. The summed E-state index contributed by atoms with van der Waals surface area (Å²) >= 11 is 0. The van der Waals surface area contributed by atoms with Gasteiger partial charge in [0.15, 0.2) is 0 Å². The molecule has 0 atom stereocenters. The van der Waals surface area contributed by atoms with Gasteiger partial charge in [-0.05, 0) is 66.9 Å². The lowest BCUT2D eigenvalue weighted by molar-refractivity contribution is 0.0746. The third-order valence-corrected chi connectivity index (χ3v) is 6.06. The number of piperazine rings is 1. The average Bonchev–Trinajstić information content (AvgIpc) is 2.84. The van der Waals surface area contributed by atoms with Gasteiger partial charge in [-0.2, -0.15) is 0 Å². The molecule has 4 rings (SSSR count). The van der Waals surface area contributed by atoms with Gasteiger partial charge in [0.25, 0.3) is 11.8 Å². The molecule has 164 valence electrons. The minimum absolute atomic E-state index is 0.0987. The Kier molecular flexibility index (Phi) is 6.55. The Bertz CT molecular complexity index is 1080. The molecule has 1 heterocycles. The fraction of sp³-hybridized carbons (Fsp3) is 0.259. The zero-order chi connectivity index (χ0) is 22.5. The highest BCUT2D eigenvalue weighted by atomic mass is 16.2. The molecule has 0 aromatic heterocycles. The Balaban J connectivity index is 1.33. The molecule has 1 saturated heterocycles. The number of rotatable bonds is 5. The van der Waals surface area contributed by atoms with Crippen molar-refractivity contribution in [3.05, 3.63) is 95.1 Å². The van der Waals surface area contributed by atoms with Crippen LogP contribution in [0, 0.1) is 6.92 Å². The van der Waals surface area contributed by atoms with Crippen LogP contribution < -0.4 is 10.2 Å². The Labute approximate surface area is 189 Å². The average molecular weight is 428 g/mol. The number of anilines is 2. The summed E-state index contributed by atoms with van der Waals surface area (Å²) in [7, 11) is 0. The van der Waals surface area contributed by atoms with Crippen LogP contribution in [-0.4, -0.2) is 42.9 Å². The molecule has 2 amide bonds. The number of aryl methyl sites for hydroxylation is 2. The number of nitrogens with one attached hydrogen (secondary N) is 1. The lowest BCUT2D eigenvalue weighted by Crippen LogP contribution is -2.48. The minimum atomic E-state index is -0.102. The van der Waals surface area contributed by atoms with Crippen molar-refractivity contribution in [3.63, 3.8) is 0 Å². The highest BCUT2D eigenvalue weighted by molar-refractivity contribution is 6.05. The molecule has 0 spiro atoms. The van der Waals surface area contributed by atoms with Crippen molar-refractivity contribution < 1.29 is 9.59 Å². The number of amides is 2. The molecule has 5 heteroatoms. The zero-order valence-corrected chi connectivity index (χ0v) is 18.7. The molecule has 32 heavy (non-hydrogen) atoms. The second kappa shape index (κ2) is 9.69. The highest BCUT2D eigenvalue weighted by Crippen LogP contribution is 2.21. The van der Waals surface area contributed by atoms with E-state index < -0.39 is 0 Å². The molecule has 5 nitrogen and oxygen atoms in total. The molecular formula is C27H29N3O2. The van der Waals surface area contributed by atoms with Gasteiger partial charge in [0, 0.05) is 48.7 Å². The van der Waals surface area contributed by atoms with Crippen LogP contribution in [-0.2, 0) is 6.42 Å². The summed E-state index contributed by atoms with van der Waals surface area (Å²) < 4.78 is 0. The first kappa shape index (κ1) is 21.6. The van der Waals surface area contributed by atoms with Crippen molar-refractivity contribution in [1.29, 1.82) is 0 Å². The van der Waals surface area contributed by atoms with Crippen molar-refractivity contribution >= 4 is 23.2 Å². The molecule has 0 unspecified atom stereocenters. The molecule has 1 N–H and O–H groups in total. The van der Waals surface area contributed by atoms with Crippen LogP contribution in [0.4, 0.5) is 11.4 Å². The van der Waals surface area contributed by atoms with E-state index in [0.717, 1.165) is 42.0 Å². The van der Waals surface area contributed by atoms with E-state index in [1.807, 2.05) is 84.6 Å². The smallest absolute Gasteiger partial charge is 0.255 e. The first-order valence-electron chi connectivity index (χ1n) is 11.2. The normalized spacial score (nSPS) is 13.7. The second-order valence-electron chi connectivity index (χ2n) is 8.15. The molecule has 3 aromatic carbocycles. The standard InChI is InChI=1S/C27H29N3O2/c1-3-21-8-10-22(11-9-21)27(32)30-18-16-29(17-19-30)24-14-12-23(13-15-24)28-26(31)25-7-5-4-6-20(25)2/h4-15H,3,16-19H2,1-2H3,(H,28,31). The van der Waals surface area contributed by atoms with Gasteiger partial charge < -0.3 is 15.1 Å². The summed E-state index contributed by atoms with van der Waals surface area (Å²) in [4.78, 5) is 29.5. The first-order valence-corrected chi connectivity index (χ1v) is 11.2. The summed E-state index contributed by atoms with van der Waals surface area (Å²) in [6.07, 6.45) is 0.974. The lowest BCUT2D eigenvalue weighted by Gasteiger charge is -2.36. The van der Waals surface area contributed by atoms with E-state index in [4.69, 9.17) is 0 Å². The maximum Gasteiger partial charge on any atom is 0.255 e. The predicted molar refractivity (Wildman–Crippen MR) is 130 cm³/mol. The van der Waals surface area contributed by atoms with Crippen LogP contribution in [0.15, 0.2) is 72.8 Å². The van der Waals surface area contributed by atoms with E-state index in [1.54, 1.807) is 0 Å². The van der Waals surface area contributed by atoms with Crippen LogP contribution in [0.5, 0.6) is 0 Å². The van der Waals surface area contributed by atoms with Gasteiger partial charge >= 0.3 is 0 Å². The number of benzene rings is 3. The van der Waals surface area contributed by atoms with E-state index >= 15 is 0 Å². The molecule has 0 bridgehead atoms. The van der Waals surface area contributed by atoms with E-state index in [1.165, 1.54) is 5.56 Å². The quantitative estimate of drug-likeness (QED) is 0.638. The van der Waals surface area contributed by atoms with Crippen molar-refractivity contribution in [2.24, 2.45) is 0 Å². The second-order valence-corrected chi connectivity index (χ2v) is 8.15. The number of hydrogen-bond donors (Lipinski definition) is 1. The third kappa shape index (κ3) is 4.83. The van der Waals surface area contributed by atoms with E-state index in [2.05, 4.69) is 17.1 Å². The molecule has 1 aliphatic heterocycles. The van der Waals surface area contributed by atoms with E-state index in [-0.39, 0.29) is 11.8 Å². The number of hydrogen-bond acceptors (Lipinski definition) is 3. The van der Waals surface area contributed by atoms with Crippen LogP contribution >= 0.6 is 0 Å². The Morgan fingerprint density at radius 3 is 2.12 bits per heavy atom. The van der Waals surface area contributed by atoms with Gasteiger partial charge in [-0.15, -0.1) is 0 Å².